The van der Waals surface area contributed by atoms with E-state index in [0.717, 1.165) is 43.6 Å². The molecule has 3 rings (SSSR count). The first-order valence-electron chi connectivity index (χ1n) is 7.58. The molecule has 6 nitrogen and oxygen atoms in total. The number of hydrogen-bond donors (Lipinski definition) is 0. The summed E-state index contributed by atoms with van der Waals surface area (Å²) < 4.78 is 7.99. The van der Waals surface area contributed by atoms with Crippen molar-refractivity contribution in [3.05, 3.63) is 42.1 Å². The fourth-order valence-electron chi connectivity index (χ4n) is 2.64. The first-order chi connectivity index (χ1) is 10.6. The van der Waals surface area contributed by atoms with Crippen molar-refractivity contribution in [2.24, 2.45) is 7.05 Å². The second-order valence-corrected chi connectivity index (χ2v) is 5.86. The smallest absolute Gasteiger partial charge is 0.128 e. The van der Waals surface area contributed by atoms with E-state index in [4.69, 9.17) is 9.72 Å². The first-order valence-corrected chi connectivity index (χ1v) is 7.58. The molecule has 6 heteroatoms. The number of hydrogen-bond acceptors (Lipinski definition) is 5. The highest BCUT2D eigenvalue weighted by Crippen LogP contribution is 2.23. The lowest BCUT2D eigenvalue weighted by Crippen LogP contribution is -2.38. The largest absolute Gasteiger partial charge is 0.369 e. The van der Waals surface area contributed by atoms with Crippen LogP contribution in [-0.2, 0) is 18.3 Å². The molecule has 0 unspecified atom stereocenters. The number of aromatic nitrogens is 3. The topological polar surface area (TPSA) is 46.4 Å². The van der Waals surface area contributed by atoms with Crippen molar-refractivity contribution < 1.29 is 4.74 Å². The van der Waals surface area contributed by atoms with Crippen LogP contribution in [0.3, 0.4) is 0 Å². The van der Waals surface area contributed by atoms with Gasteiger partial charge in [-0.25, -0.2) is 9.97 Å². The maximum Gasteiger partial charge on any atom is 0.128 e. The molecule has 1 fully saturated rings. The van der Waals surface area contributed by atoms with Crippen LogP contribution in [0.1, 0.15) is 17.6 Å². The molecular formula is C16H23N5O. The summed E-state index contributed by atoms with van der Waals surface area (Å²) in [5, 5.41) is 0. The van der Waals surface area contributed by atoms with Crippen molar-refractivity contribution in [3.63, 3.8) is 0 Å². The lowest BCUT2D eigenvalue weighted by Gasteiger charge is -2.32. The normalized spacial score (nSPS) is 19.3. The van der Waals surface area contributed by atoms with Crippen molar-refractivity contribution in [3.8, 4) is 0 Å². The highest BCUT2D eigenvalue weighted by molar-refractivity contribution is 5.37. The van der Waals surface area contributed by atoms with E-state index in [1.165, 1.54) is 0 Å². The third kappa shape index (κ3) is 3.28. The zero-order chi connectivity index (χ0) is 15.5. The Bertz CT molecular complexity index is 625. The molecule has 0 aliphatic carbocycles. The highest BCUT2D eigenvalue weighted by atomic mass is 16.5. The highest BCUT2D eigenvalue weighted by Gasteiger charge is 2.24. The van der Waals surface area contributed by atoms with Gasteiger partial charge in [-0.1, -0.05) is 6.07 Å². The second-order valence-electron chi connectivity index (χ2n) is 5.86. The number of rotatable bonds is 4. The van der Waals surface area contributed by atoms with E-state index in [0.29, 0.717) is 0 Å². The van der Waals surface area contributed by atoms with E-state index >= 15 is 0 Å². The third-order valence-electron chi connectivity index (χ3n) is 3.98. The number of pyridine rings is 1. The van der Waals surface area contributed by atoms with Gasteiger partial charge in [0.05, 0.1) is 18.8 Å². The van der Waals surface area contributed by atoms with Gasteiger partial charge in [-0.3, -0.25) is 4.90 Å². The molecule has 1 aliphatic rings. The minimum Gasteiger partial charge on any atom is -0.369 e. The second kappa shape index (κ2) is 6.46. The molecule has 1 saturated heterocycles. The maximum atomic E-state index is 5.93. The van der Waals surface area contributed by atoms with Gasteiger partial charge >= 0.3 is 0 Å². The van der Waals surface area contributed by atoms with E-state index in [1.807, 2.05) is 56.6 Å². The van der Waals surface area contributed by atoms with E-state index in [2.05, 4.69) is 14.5 Å². The van der Waals surface area contributed by atoms with E-state index < -0.39 is 0 Å². The fraction of sp³-hybridized carbons (Fsp3) is 0.500. The summed E-state index contributed by atoms with van der Waals surface area (Å²) >= 11 is 0. The van der Waals surface area contributed by atoms with Crippen LogP contribution in [0.2, 0.25) is 0 Å². The van der Waals surface area contributed by atoms with Crippen molar-refractivity contribution in [2.75, 3.05) is 38.7 Å². The van der Waals surface area contributed by atoms with Crippen molar-refractivity contribution in [1.82, 2.24) is 19.4 Å². The fourth-order valence-corrected chi connectivity index (χ4v) is 2.64. The van der Waals surface area contributed by atoms with Crippen molar-refractivity contribution >= 4 is 5.82 Å². The minimum atomic E-state index is 0.0221. The molecule has 2 aromatic rings. The lowest BCUT2D eigenvalue weighted by molar-refractivity contribution is -0.0358. The Morgan fingerprint density at radius 3 is 2.95 bits per heavy atom. The Balaban J connectivity index is 1.70. The maximum absolute atomic E-state index is 5.93. The zero-order valence-corrected chi connectivity index (χ0v) is 13.4. The Morgan fingerprint density at radius 2 is 2.23 bits per heavy atom. The molecule has 2 aromatic heterocycles. The Kier molecular flexibility index (Phi) is 4.40. The molecule has 22 heavy (non-hydrogen) atoms. The van der Waals surface area contributed by atoms with Crippen LogP contribution in [0.25, 0.3) is 0 Å². The Hall–Kier alpha value is -1.92. The number of morpholine rings is 1. The number of ether oxygens (including phenoxy) is 1. The van der Waals surface area contributed by atoms with Gasteiger partial charge in [0, 0.05) is 46.6 Å². The van der Waals surface area contributed by atoms with Gasteiger partial charge in [0.25, 0.3) is 0 Å². The predicted molar refractivity (Wildman–Crippen MR) is 85.7 cm³/mol. The quantitative estimate of drug-likeness (QED) is 0.855. The number of nitrogens with zero attached hydrogens (tertiary/aromatic N) is 5. The van der Waals surface area contributed by atoms with Gasteiger partial charge in [0.2, 0.25) is 0 Å². The molecular weight excluding hydrogens is 278 g/mol. The average molecular weight is 301 g/mol. The summed E-state index contributed by atoms with van der Waals surface area (Å²) in [6.45, 7) is 3.34. The molecule has 0 aromatic carbocycles. The van der Waals surface area contributed by atoms with E-state index in [9.17, 15) is 0 Å². The summed E-state index contributed by atoms with van der Waals surface area (Å²) in [6.07, 6.45) is 3.85. The molecule has 1 aliphatic heterocycles. The van der Waals surface area contributed by atoms with Gasteiger partial charge in [-0.2, -0.15) is 0 Å². The minimum absolute atomic E-state index is 0.0221. The molecule has 0 amide bonds. The zero-order valence-electron chi connectivity index (χ0n) is 13.4. The van der Waals surface area contributed by atoms with Gasteiger partial charge in [0.1, 0.15) is 17.7 Å². The summed E-state index contributed by atoms with van der Waals surface area (Å²) in [5.74, 6) is 2.04. The molecule has 0 N–H and O–H groups in total. The van der Waals surface area contributed by atoms with Crippen LogP contribution in [0.4, 0.5) is 5.82 Å². The SMILES string of the molecule is CN(C)c1cccc([C@H]2CN(Cc3nccn3C)CCO2)n1. The van der Waals surface area contributed by atoms with Crippen LogP contribution in [0.5, 0.6) is 0 Å². The van der Waals surface area contributed by atoms with Crippen molar-refractivity contribution in [1.29, 1.82) is 0 Å². The van der Waals surface area contributed by atoms with Crippen molar-refractivity contribution in [2.45, 2.75) is 12.6 Å². The predicted octanol–water partition coefficient (Wildman–Crippen LogP) is 1.45. The summed E-state index contributed by atoms with van der Waals surface area (Å²) in [7, 11) is 6.03. The van der Waals surface area contributed by atoms with E-state index in [1.54, 1.807) is 0 Å². The molecule has 0 spiro atoms. The summed E-state index contributed by atoms with van der Waals surface area (Å²) in [5.41, 5.74) is 0.996. The van der Waals surface area contributed by atoms with Crippen LogP contribution in [0, 0.1) is 0 Å². The molecule has 3 heterocycles. The Labute approximate surface area is 131 Å². The summed E-state index contributed by atoms with van der Waals surface area (Å²) in [6, 6.07) is 6.10. The molecule has 0 bridgehead atoms. The van der Waals surface area contributed by atoms with Crippen LogP contribution >= 0.6 is 0 Å². The number of imidazole rings is 1. The Morgan fingerprint density at radius 1 is 1.36 bits per heavy atom. The number of aryl methyl sites for hydroxylation is 1. The van der Waals surface area contributed by atoms with Crippen LogP contribution in [-0.4, -0.2) is 53.2 Å². The first kappa shape index (κ1) is 15.0. The molecule has 0 radical (unpaired) electrons. The molecule has 118 valence electrons. The molecule has 1 atom stereocenters. The van der Waals surface area contributed by atoms with Crippen LogP contribution in [0.15, 0.2) is 30.6 Å². The van der Waals surface area contributed by atoms with Crippen LogP contribution < -0.4 is 4.90 Å². The summed E-state index contributed by atoms with van der Waals surface area (Å²) in [4.78, 5) is 13.5. The lowest BCUT2D eigenvalue weighted by atomic mass is 10.2. The third-order valence-corrected chi connectivity index (χ3v) is 3.98. The van der Waals surface area contributed by atoms with Gasteiger partial charge in [0.15, 0.2) is 0 Å². The van der Waals surface area contributed by atoms with Gasteiger partial charge in [-0.05, 0) is 12.1 Å². The van der Waals surface area contributed by atoms with E-state index in [-0.39, 0.29) is 6.10 Å². The average Bonchev–Trinajstić information content (AvgIpc) is 2.93. The van der Waals surface area contributed by atoms with Gasteiger partial charge < -0.3 is 14.2 Å². The molecule has 0 saturated carbocycles. The standard InChI is InChI=1S/C16H23N5O/c1-19(2)15-6-4-5-13(18-15)14-11-21(9-10-22-14)12-16-17-7-8-20(16)3/h4-8,14H,9-12H2,1-3H3/t14-/m1/s1. The monoisotopic (exact) mass is 301 g/mol. The van der Waals surface area contributed by atoms with Gasteiger partial charge in [-0.15, -0.1) is 0 Å². The number of anilines is 1.